The molecule has 1 heteroatoms. The summed E-state index contributed by atoms with van der Waals surface area (Å²) in [5.74, 6) is 5.04. The first-order valence-electron chi connectivity index (χ1n) is 4.28. The summed E-state index contributed by atoms with van der Waals surface area (Å²) in [6.07, 6.45) is 1.35. The first-order valence-corrected chi connectivity index (χ1v) is 11.0. The molecule has 1 aromatic rings. The molecule has 1 aliphatic rings. The molecule has 0 amide bonds. The van der Waals surface area contributed by atoms with Crippen LogP contribution in [-0.2, 0) is 6.42 Å². The summed E-state index contributed by atoms with van der Waals surface area (Å²) >= 11 is -1.45. The molecule has 0 nitrogen and oxygen atoms in total. The zero-order valence-corrected chi connectivity index (χ0v) is 9.32. The van der Waals surface area contributed by atoms with Gasteiger partial charge in [0, 0.05) is 0 Å². The molecule has 0 spiro atoms. The molecule has 11 heavy (non-hydrogen) atoms. The van der Waals surface area contributed by atoms with Crippen LogP contribution in [0.3, 0.4) is 0 Å². The third kappa shape index (κ3) is 1.14. The van der Waals surface area contributed by atoms with Crippen LogP contribution in [0.2, 0.25) is 16.8 Å². The Morgan fingerprint density at radius 2 is 1.91 bits per heavy atom. The van der Waals surface area contributed by atoms with Gasteiger partial charge in [-0.1, -0.05) is 0 Å². The Hall–Kier alpha value is -0.237. The van der Waals surface area contributed by atoms with Crippen molar-refractivity contribution in [1.29, 1.82) is 0 Å². The third-order valence-corrected chi connectivity index (χ3v) is 10.00. The second-order valence-corrected chi connectivity index (χ2v) is 14.1. The summed E-state index contributed by atoms with van der Waals surface area (Å²) in [4.78, 5) is 0. The molecule has 1 aromatic carbocycles. The average Bonchev–Trinajstić information content (AvgIpc) is 2.29. The maximum atomic E-state index is 2.52. The Kier molecular flexibility index (Phi) is 1.60. The molecule has 2 rings (SSSR count). The summed E-state index contributed by atoms with van der Waals surface area (Å²) in [6, 6.07) is 9.01. The van der Waals surface area contributed by atoms with Crippen LogP contribution in [0.25, 0.3) is 0 Å². The fourth-order valence-electron chi connectivity index (χ4n) is 1.98. The van der Waals surface area contributed by atoms with Crippen molar-refractivity contribution in [1.82, 2.24) is 0 Å². The van der Waals surface area contributed by atoms with Gasteiger partial charge in [0.2, 0.25) is 0 Å². The van der Waals surface area contributed by atoms with Crippen LogP contribution in [-0.4, -0.2) is 13.3 Å². The Balaban J connectivity index is 2.56. The van der Waals surface area contributed by atoms with E-state index in [0.717, 1.165) is 0 Å². The molecule has 58 valence electrons. The number of rotatable bonds is 0. The standard InChI is InChI=1S/C10H14Ge/c1-11(2)8-7-9-5-3-4-6-10(9)11/h3-6H,7-8H2,1-2H3. The van der Waals surface area contributed by atoms with Crippen LogP contribution in [0.4, 0.5) is 0 Å². The Bertz CT molecular complexity index is 276. The van der Waals surface area contributed by atoms with E-state index >= 15 is 0 Å². The van der Waals surface area contributed by atoms with Crippen molar-refractivity contribution in [2.24, 2.45) is 0 Å². The van der Waals surface area contributed by atoms with E-state index in [-0.39, 0.29) is 0 Å². The van der Waals surface area contributed by atoms with E-state index in [1.54, 1.807) is 9.96 Å². The third-order valence-electron chi connectivity index (χ3n) is 2.77. The van der Waals surface area contributed by atoms with E-state index < -0.39 is 13.3 Å². The summed E-state index contributed by atoms with van der Waals surface area (Å²) in [6.45, 7) is 0. The summed E-state index contributed by atoms with van der Waals surface area (Å²) in [7, 11) is 0. The first-order chi connectivity index (χ1) is 5.20. The van der Waals surface area contributed by atoms with Gasteiger partial charge in [0.15, 0.2) is 0 Å². The van der Waals surface area contributed by atoms with Crippen LogP contribution < -0.4 is 4.40 Å². The first kappa shape index (κ1) is 7.41. The van der Waals surface area contributed by atoms with Crippen LogP contribution in [0.1, 0.15) is 5.56 Å². The van der Waals surface area contributed by atoms with Gasteiger partial charge in [0.05, 0.1) is 0 Å². The van der Waals surface area contributed by atoms with Crippen molar-refractivity contribution in [2.45, 2.75) is 23.2 Å². The zero-order valence-electron chi connectivity index (χ0n) is 7.22. The van der Waals surface area contributed by atoms with Crippen LogP contribution in [0, 0.1) is 0 Å². The Labute approximate surface area is 71.0 Å². The quantitative estimate of drug-likeness (QED) is 0.571. The predicted octanol–water partition coefficient (Wildman–Crippen LogP) is 2.16. The van der Waals surface area contributed by atoms with Gasteiger partial charge < -0.3 is 0 Å². The number of hydrogen-bond donors (Lipinski definition) is 0. The minimum atomic E-state index is -1.45. The van der Waals surface area contributed by atoms with Crippen molar-refractivity contribution < 1.29 is 0 Å². The van der Waals surface area contributed by atoms with E-state index in [0.29, 0.717) is 0 Å². The molecular formula is C10H14Ge. The van der Waals surface area contributed by atoms with E-state index in [2.05, 4.69) is 35.8 Å². The van der Waals surface area contributed by atoms with Crippen molar-refractivity contribution in [2.75, 3.05) is 0 Å². The van der Waals surface area contributed by atoms with Crippen LogP contribution in [0.5, 0.6) is 0 Å². The van der Waals surface area contributed by atoms with Crippen molar-refractivity contribution in [3.8, 4) is 0 Å². The molecule has 0 N–H and O–H groups in total. The molecule has 0 bridgehead atoms. The predicted molar refractivity (Wildman–Crippen MR) is 52.1 cm³/mol. The molecule has 0 aromatic heterocycles. The topological polar surface area (TPSA) is 0 Å². The number of hydrogen-bond acceptors (Lipinski definition) is 0. The van der Waals surface area contributed by atoms with Gasteiger partial charge in [-0.05, 0) is 0 Å². The molecule has 0 atom stereocenters. The molecule has 0 radical (unpaired) electrons. The Morgan fingerprint density at radius 1 is 1.18 bits per heavy atom. The van der Waals surface area contributed by atoms with Crippen LogP contribution >= 0.6 is 0 Å². The average molecular weight is 207 g/mol. The molecule has 0 aliphatic carbocycles. The van der Waals surface area contributed by atoms with Crippen molar-refractivity contribution >= 4 is 17.7 Å². The van der Waals surface area contributed by atoms with Crippen LogP contribution in [0.15, 0.2) is 24.3 Å². The second-order valence-electron chi connectivity index (χ2n) is 4.04. The monoisotopic (exact) mass is 208 g/mol. The SMILES string of the molecule is [CH3][Ge]1([CH3])[CH2]Cc2cccc[c]21. The van der Waals surface area contributed by atoms with Gasteiger partial charge >= 0.3 is 70.7 Å². The van der Waals surface area contributed by atoms with Gasteiger partial charge in [-0.15, -0.1) is 0 Å². The van der Waals surface area contributed by atoms with Crippen molar-refractivity contribution in [3.63, 3.8) is 0 Å². The van der Waals surface area contributed by atoms with E-state index in [1.165, 1.54) is 11.7 Å². The second kappa shape index (κ2) is 2.38. The summed E-state index contributed by atoms with van der Waals surface area (Å²) in [5, 5.41) is 1.50. The minimum absolute atomic E-state index is 1.35. The van der Waals surface area contributed by atoms with Gasteiger partial charge in [0.25, 0.3) is 0 Å². The molecule has 0 saturated heterocycles. The van der Waals surface area contributed by atoms with E-state index in [9.17, 15) is 0 Å². The van der Waals surface area contributed by atoms with Gasteiger partial charge in [0.1, 0.15) is 0 Å². The molecule has 0 unspecified atom stereocenters. The van der Waals surface area contributed by atoms with Gasteiger partial charge in [-0.25, -0.2) is 0 Å². The maximum absolute atomic E-state index is 2.52. The van der Waals surface area contributed by atoms with E-state index in [4.69, 9.17) is 0 Å². The van der Waals surface area contributed by atoms with Crippen molar-refractivity contribution in [3.05, 3.63) is 29.8 Å². The normalized spacial score (nSPS) is 19.8. The summed E-state index contributed by atoms with van der Waals surface area (Å²) < 4.78 is 1.74. The number of fused-ring (bicyclic) bond motifs is 1. The molecule has 1 heterocycles. The zero-order chi connectivity index (χ0) is 7.90. The van der Waals surface area contributed by atoms with E-state index in [1.807, 2.05) is 0 Å². The fourth-order valence-corrected chi connectivity index (χ4v) is 7.83. The van der Waals surface area contributed by atoms with Gasteiger partial charge in [-0.2, -0.15) is 0 Å². The molecule has 0 fully saturated rings. The molecule has 0 saturated carbocycles. The Morgan fingerprint density at radius 3 is 2.64 bits per heavy atom. The molecular weight excluding hydrogens is 193 g/mol. The number of benzene rings is 1. The fraction of sp³-hybridized carbons (Fsp3) is 0.400. The van der Waals surface area contributed by atoms with Gasteiger partial charge in [-0.3, -0.25) is 0 Å². The number of aryl methyl sites for hydroxylation is 1. The summed E-state index contributed by atoms with van der Waals surface area (Å²) in [5.41, 5.74) is 1.64. The molecule has 1 aliphatic heterocycles.